The largest absolute Gasteiger partial charge is 0.336 e. The van der Waals surface area contributed by atoms with Crippen molar-refractivity contribution in [2.24, 2.45) is 0 Å². The molecule has 3 rings (SSSR count). The monoisotopic (exact) mass is 390 g/mol. The van der Waals surface area contributed by atoms with Crippen LogP contribution in [0.2, 0.25) is 15.1 Å². The Kier molecular flexibility index (Phi) is 3.77. The molecule has 0 saturated heterocycles. The minimum atomic E-state index is 0.398. The van der Waals surface area contributed by atoms with Crippen LogP contribution in [0.4, 0.5) is 11.5 Å². The second kappa shape index (κ2) is 5.41. The molecule has 1 aromatic carbocycles. The number of halogens is 4. The summed E-state index contributed by atoms with van der Waals surface area (Å²) in [7, 11) is 0. The van der Waals surface area contributed by atoms with Crippen LogP contribution in [0.1, 0.15) is 0 Å². The van der Waals surface area contributed by atoms with Gasteiger partial charge in [-0.15, -0.1) is 0 Å². The van der Waals surface area contributed by atoms with Gasteiger partial charge in [-0.2, -0.15) is 0 Å². The highest BCUT2D eigenvalue weighted by Gasteiger charge is 2.11. The van der Waals surface area contributed by atoms with Gasteiger partial charge in [0.15, 0.2) is 11.5 Å². The Labute approximate surface area is 137 Å². The van der Waals surface area contributed by atoms with Crippen LogP contribution >= 0.6 is 50.7 Å². The molecule has 0 radical (unpaired) electrons. The summed E-state index contributed by atoms with van der Waals surface area (Å²) in [4.78, 5) is 8.59. The molecule has 0 spiro atoms. The van der Waals surface area contributed by atoms with Crippen LogP contribution in [0.3, 0.4) is 0 Å². The van der Waals surface area contributed by atoms with E-state index in [-0.39, 0.29) is 0 Å². The molecule has 2 aromatic heterocycles. The second-order valence-electron chi connectivity index (χ2n) is 3.94. The standard InChI is InChI=1S/C12H6BrCl3N4/c13-10-5-20-2-1-17-12(20)11(19-10)18-9-4-7(15)6(14)3-8(9)16/h1-5H,(H,18,19). The number of rotatable bonds is 2. The number of imidazole rings is 1. The van der Waals surface area contributed by atoms with E-state index in [1.165, 1.54) is 0 Å². The molecule has 0 atom stereocenters. The highest BCUT2D eigenvalue weighted by Crippen LogP contribution is 2.34. The van der Waals surface area contributed by atoms with Crippen LogP contribution in [0.5, 0.6) is 0 Å². The number of fused-ring (bicyclic) bond motifs is 1. The molecule has 3 aromatic rings. The fourth-order valence-electron chi connectivity index (χ4n) is 1.73. The summed E-state index contributed by atoms with van der Waals surface area (Å²) in [5.41, 5.74) is 1.28. The van der Waals surface area contributed by atoms with Crippen LogP contribution in [0.15, 0.2) is 35.3 Å². The molecule has 2 heterocycles. The Morgan fingerprint density at radius 2 is 1.85 bits per heavy atom. The van der Waals surface area contributed by atoms with E-state index in [2.05, 4.69) is 31.2 Å². The van der Waals surface area contributed by atoms with E-state index in [1.807, 2.05) is 16.8 Å². The number of anilines is 2. The number of aromatic nitrogens is 3. The predicted octanol–water partition coefficient (Wildman–Crippen LogP) is 5.20. The van der Waals surface area contributed by atoms with Crippen molar-refractivity contribution in [3.8, 4) is 0 Å². The van der Waals surface area contributed by atoms with Gasteiger partial charge in [-0.05, 0) is 28.1 Å². The highest BCUT2D eigenvalue weighted by molar-refractivity contribution is 9.10. The van der Waals surface area contributed by atoms with Crippen LogP contribution in [-0.4, -0.2) is 14.4 Å². The fourth-order valence-corrected chi connectivity index (χ4v) is 2.72. The van der Waals surface area contributed by atoms with Gasteiger partial charge in [0.05, 0.1) is 20.8 Å². The molecule has 0 amide bonds. The van der Waals surface area contributed by atoms with E-state index in [0.717, 1.165) is 0 Å². The highest BCUT2D eigenvalue weighted by atomic mass is 79.9. The predicted molar refractivity (Wildman–Crippen MR) is 85.4 cm³/mol. The molecular weight excluding hydrogens is 386 g/mol. The molecule has 0 aliphatic heterocycles. The maximum absolute atomic E-state index is 6.14. The molecule has 20 heavy (non-hydrogen) atoms. The Bertz CT molecular complexity index is 803. The second-order valence-corrected chi connectivity index (χ2v) is 5.98. The van der Waals surface area contributed by atoms with E-state index in [9.17, 15) is 0 Å². The lowest BCUT2D eigenvalue weighted by atomic mass is 10.3. The number of nitrogens with zero attached hydrogens (tertiary/aromatic N) is 3. The van der Waals surface area contributed by atoms with Crippen molar-refractivity contribution >= 4 is 67.9 Å². The molecule has 0 fully saturated rings. The lowest BCUT2D eigenvalue weighted by Gasteiger charge is -2.10. The molecule has 0 saturated carbocycles. The summed E-state index contributed by atoms with van der Waals surface area (Å²) >= 11 is 21.4. The zero-order valence-electron chi connectivity index (χ0n) is 9.74. The van der Waals surface area contributed by atoms with Crippen molar-refractivity contribution in [3.05, 3.63) is 50.4 Å². The van der Waals surface area contributed by atoms with Crippen molar-refractivity contribution in [2.75, 3.05) is 5.32 Å². The van der Waals surface area contributed by atoms with Gasteiger partial charge in [0.1, 0.15) is 4.60 Å². The molecule has 0 bridgehead atoms. The Hall–Kier alpha value is -1.01. The maximum atomic E-state index is 6.14. The Morgan fingerprint density at radius 1 is 1.10 bits per heavy atom. The first-order valence-corrected chi connectivity index (χ1v) is 7.38. The van der Waals surface area contributed by atoms with Crippen molar-refractivity contribution in [1.82, 2.24) is 14.4 Å². The van der Waals surface area contributed by atoms with Crippen LogP contribution < -0.4 is 5.32 Å². The van der Waals surface area contributed by atoms with Gasteiger partial charge in [-0.3, -0.25) is 0 Å². The van der Waals surface area contributed by atoms with Crippen molar-refractivity contribution in [1.29, 1.82) is 0 Å². The van der Waals surface area contributed by atoms with Crippen LogP contribution in [0.25, 0.3) is 5.65 Å². The van der Waals surface area contributed by atoms with Crippen LogP contribution in [0, 0.1) is 0 Å². The van der Waals surface area contributed by atoms with Gasteiger partial charge in [0.2, 0.25) is 0 Å². The first-order valence-electron chi connectivity index (χ1n) is 5.45. The maximum Gasteiger partial charge on any atom is 0.180 e. The number of nitrogens with one attached hydrogen (secondary N) is 1. The van der Waals surface area contributed by atoms with Gasteiger partial charge in [-0.25, -0.2) is 9.97 Å². The van der Waals surface area contributed by atoms with Crippen molar-refractivity contribution in [2.45, 2.75) is 0 Å². The molecule has 4 nitrogen and oxygen atoms in total. The zero-order valence-corrected chi connectivity index (χ0v) is 13.6. The summed E-state index contributed by atoms with van der Waals surface area (Å²) < 4.78 is 2.51. The van der Waals surface area contributed by atoms with Crippen molar-refractivity contribution < 1.29 is 0 Å². The number of hydrogen-bond acceptors (Lipinski definition) is 3. The van der Waals surface area contributed by atoms with E-state index >= 15 is 0 Å². The molecule has 0 unspecified atom stereocenters. The fraction of sp³-hybridized carbons (Fsp3) is 0. The van der Waals surface area contributed by atoms with Gasteiger partial charge < -0.3 is 9.72 Å². The average molecular weight is 392 g/mol. The normalized spacial score (nSPS) is 11.0. The minimum absolute atomic E-state index is 0.398. The van der Waals surface area contributed by atoms with Gasteiger partial charge in [-0.1, -0.05) is 34.8 Å². The number of benzene rings is 1. The van der Waals surface area contributed by atoms with Gasteiger partial charge in [0, 0.05) is 18.6 Å². The Morgan fingerprint density at radius 3 is 2.65 bits per heavy atom. The van der Waals surface area contributed by atoms with Crippen molar-refractivity contribution in [3.63, 3.8) is 0 Å². The Balaban J connectivity index is 2.09. The van der Waals surface area contributed by atoms with Crippen LogP contribution in [-0.2, 0) is 0 Å². The lowest BCUT2D eigenvalue weighted by Crippen LogP contribution is -1.99. The topological polar surface area (TPSA) is 42.2 Å². The third kappa shape index (κ3) is 2.59. The van der Waals surface area contributed by atoms with E-state index in [0.29, 0.717) is 36.8 Å². The molecule has 102 valence electrons. The first kappa shape index (κ1) is 13.9. The van der Waals surface area contributed by atoms with E-state index in [4.69, 9.17) is 34.8 Å². The zero-order chi connectivity index (χ0) is 14.3. The quantitative estimate of drug-likeness (QED) is 0.610. The molecule has 8 heteroatoms. The average Bonchev–Trinajstić information content (AvgIpc) is 2.84. The minimum Gasteiger partial charge on any atom is -0.336 e. The molecule has 0 aliphatic rings. The molecule has 1 N–H and O–H groups in total. The summed E-state index contributed by atoms with van der Waals surface area (Å²) in [6.45, 7) is 0. The smallest absolute Gasteiger partial charge is 0.180 e. The summed E-state index contributed by atoms with van der Waals surface area (Å²) in [6, 6.07) is 3.22. The third-order valence-electron chi connectivity index (χ3n) is 2.61. The van der Waals surface area contributed by atoms with E-state index < -0.39 is 0 Å². The van der Waals surface area contributed by atoms with Gasteiger partial charge >= 0.3 is 0 Å². The summed E-state index contributed by atoms with van der Waals surface area (Å²) in [5.74, 6) is 0.560. The molecule has 0 aliphatic carbocycles. The lowest BCUT2D eigenvalue weighted by molar-refractivity contribution is 1.10. The SMILES string of the molecule is Clc1cc(Cl)c(Nc2nc(Br)cn3ccnc23)cc1Cl. The van der Waals surface area contributed by atoms with Gasteiger partial charge in [0.25, 0.3) is 0 Å². The van der Waals surface area contributed by atoms with E-state index in [1.54, 1.807) is 18.3 Å². The first-order chi connectivity index (χ1) is 9.54. The third-order valence-corrected chi connectivity index (χ3v) is 4.02. The summed E-state index contributed by atoms with van der Waals surface area (Å²) in [5, 5.41) is 4.37. The number of hydrogen-bond donors (Lipinski definition) is 1. The molecular formula is C12H6BrCl3N4. The summed E-state index contributed by atoms with van der Waals surface area (Å²) in [6.07, 6.45) is 5.32.